The van der Waals surface area contributed by atoms with E-state index in [0.29, 0.717) is 38.4 Å². The Morgan fingerprint density at radius 3 is 2.08 bits per heavy atom. The van der Waals surface area contributed by atoms with E-state index < -0.39 is 0 Å². The normalized spacial score (nSPS) is 10.9. The Balaban J connectivity index is 1.34. The summed E-state index contributed by atoms with van der Waals surface area (Å²) in [4.78, 5) is 26.1. The Morgan fingerprint density at radius 2 is 1.40 bits per heavy atom. The Kier molecular flexibility index (Phi) is 15.0. The molecule has 0 atom stereocenters. The number of nitrogens with zero attached hydrogens (tertiary/aromatic N) is 1. The molecule has 4 aromatic rings. The van der Waals surface area contributed by atoms with Crippen LogP contribution in [0.3, 0.4) is 0 Å². The number of carbonyl (C=O) groups is 2. The Bertz CT molecular complexity index is 1540. The Labute approximate surface area is 284 Å². The molecule has 0 bridgehead atoms. The molecule has 0 radical (unpaired) electrons. The quantitative estimate of drug-likeness (QED) is 0.0716. The second kappa shape index (κ2) is 19.9. The number of para-hydroxylation sites is 1. The standard InChI is InChI=1S/C40H47NO7/c1-4-46-39(42)11-7-8-25-41(29-31-12-18-36(19-13-31)40(43)45-3)26-24-35-9-5-6-10-38(35)48-30-32-14-16-33(17-15-32)34-20-22-37(23-21-34)47-28-27-44-2/h5-6,9-10,12-23H,4,7-8,11,24-30H2,1-3H3. The number of methoxy groups -OCH3 is 2. The minimum absolute atomic E-state index is 0.152. The van der Waals surface area contributed by atoms with Crippen molar-refractivity contribution in [3.63, 3.8) is 0 Å². The van der Waals surface area contributed by atoms with Gasteiger partial charge >= 0.3 is 11.9 Å². The molecule has 0 saturated carbocycles. The monoisotopic (exact) mass is 653 g/mol. The van der Waals surface area contributed by atoms with E-state index in [1.54, 1.807) is 19.2 Å². The largest absolute Gasteiger partial charge is 0.491 e. The van der Waals surface area contributed by atoms with Crippen LogP contribution in [0.15, 0.2) is 97.1 Å². The maximum atomic E-state index is 11.9. The molecule has 4 rings (SSSR count). The van der Waals surface area contributed by atoms with Gasteiger partial charge in [-0.2, -0.15) is 0 Å². The van der Waals surface area contributed by atoms with Gasteiger partial charge in [0.15, 0.2) is 0 Å². The molecule has 8 nitrogen and oxygen atoms in total. The van der Waals surface area contributed by atoms with E-state index in [4.69, 9.17) is 23.7 Å². The van der Waals surface area contributed by atoms with Crippen LogP contribution in [0, 0.1) is 0 Å². The smallest absolute Gasteiger partial charge is 0.337 e. The topological polar surface area (TPSA) is 83.5 Å². The van der Waals surface area contributed by atoms with Gasteiger partial charge in [0, 0.05) is 26.6 Å². The predicted molar refractivity (Wildman–Crippen MR) is 187 cm³/mol. The third-order valence-corrected chi connectivity index (χ3v) is 7.95. The van der Waals surface area contributed by atoms with Gasteiger partial charge in [0.2, 0.25) is 0 Å². The number of hydrogen-bond acceptors (Lipinski definition) is 8. The molecule has 0 N–H and O–H groups in total. The molecule has 0 aliphatic carbocycles. The van der Waals surface area contributed by atoms with Gasteiger partial charge in [-0.05, 0) is 90.9 Å². The van der Waals surface area contributed by atoms with Crippen LogP contribution in [-0.2, 0) is 38.6 Å². The van der Waals surface area contributed by atoms with Gasteiger partial charge in [-0.1, -0.05) is 66.7 Å². The molecule has 0 spiro atoms. The molecular formula is C40H47NO7. The van der Waals surface area contributed by atoms with Crippen molar-refractivity contribution in [2.45, 2.75) is 45.8 Å². The van der Waals surface area contributed by atoms with E-state index in [1.165, 1.54) is 7.11 Å². The molecule has 4 aromatic carbocycles. The summed E-state index contributed by atoms with van der Waals surface area (Å²) in [5.41, 5.74) is 6.11. The van der Waals surface area contributed by atoms with Gasteiger partial charge in [-0.25, -0.2) is 4.79 Å². The van der Waals surface area contributed by atoms with E-state index >= 15 is 0 Å². The highest BCUT2D eigenvalue weighted by Crippen LogP contribution is 2.25. The van der Waals surface area contributed by atoms with Crippen LogP contribution in [0.4, 0.5) is 0 Å². The van der Waals surface area contributed by atoms with Crippen LogP contribution >= 0.6 is 0 Å². The molecule has 0 saturated heterocycles. The first-order valence-electron chi connectivity index (χ1n) is 16.6. The lowest BCUT2D eigenvalue weighted by Crippen LogP contribution is -2.27. The molecular weight excluding hydrogens is 606 g/mol. The van der Waals surface area contributed by atoms with Crippen molar-refractivity contribution in [2.75, 3.05) is 47.1 Å². The highest BCUT2D eigenvalue weighted by atomic mass is 16.5. The fourth-order valence-corrected chi connectivity index (χ4v) is 5.30. The lowest BCUT2D eigenvalue weighted by Gasteiger charge is -2.23. The predicted octanol–water partition coefficient (Wildman–Crippen LogP) is 7.52. The van der Waals surface area contributed by atoms with E-state index in [9.17, 15) is 9.59 Å². The molecule has 8 heteroatoms. The highest BCUT2D eigenvalue weighted by Gasteiger charge is 2.12. The van der Waals surface area contributed by atoms with E-state index in [1.807, 2.05) is 49.4 Å². The minimum Gasteiger partial charge on any atom is -0.491 e. The van der Waals surface area contributed by atoms with Crippen molar-refractivity contribution in [1.29, 1.82) is 0 Å². The van der Waals surface area contributed by atoms with Gasteiger partial charge in [0.25, 0.3) is 0 Å². The summed E-state index contributed by atoms with van der Waals surface area (Å²) in [7, 11) is 3.05. The average Bonchev–Trinajstić information content (AvgIpc) is 3.12. The molecule has 0 aromatic heterocycles. The zero-order valence-electron chi connectivity index (χ0n) is 28.3. The molecule has 0 aliphatic rings. The SMILES string of the molecule is CCOC(=O)CCCCN(CCc1ccccc1OCc1ccc(-c2ccc(OCCOC)cc2)cc1)Cc1ccc(C(=O)OC)cc1. The summed E-state index contributed by atoms with van der Waals surface area (Å²) in [6, 6.07) is 32.2. The number of hydrogen-bond donors (Lipinski definition) is 0. The maximum absolute atomic E-state index is 11.9. The summed E-state index contributed by atoms with van der Waals surface area (Å²) in [6.45, 7) is 6.14. The van der Waals surface area contributed by atoms with Gasteiger partial charge in [0.1, 0.15) is 24.7 Å². The number of carbonyl (C=O) groups excluding carboxylic acids is 2. The van der Waals surface area contributed by atoms with Gasteiger partial charge in [-0.15, -0.1) is 0 Å². The number of esters is 2. The fourth-order valence-electron chi connectivity index (χ4n) is 5.30. The van der Waals surface area contributed by atoms with Gasteiger partial charge in [0.05, 0.1) is 25.9 Å². The maximum Gasteiger partial charge on any atom is 0.337 e. The van der Waals surface area contributed by atoms with Crippen molar-refractivity contribution in [2.24, 2.45) is 0 Å². The van der Waals surface area contributed by atoms with Crippen molar-refractivity contribution in [3.05, 3.63) is 119 Å². The van der Waals surface area contributed by atoms with E-state index in [-0.39, 0.29) is 11.9 Å². The van der Waals surface area contributed by atoms with Crippen LogP contribution in [0.25, 0.3) is 11.1 Å². The lowest BCUT2D eigenvalue weighted by atomic mass is 10.0. The Hall–Kier alpha value is -4.66. The molecule has 48 heavy (non-hydrogen) atoms. The van der Waals surface area contributed by atoms with Crippen LogP contribution in [0.5, 0.6) is 11.5 Å². The third kappa shape index (κ3) is 11.9. The zero-order valence-corrected chi connectivity index (χ0v) is 28.3. The van der Waals surface area contributed by atoms with Crippen molar-refractivity contribution < 1.29 is 33.3 Å². The number of rotatable bonds is 20. The average molecular weight is 654 g/mol. The van der Waals surface area contributed by atoms with Crippen LogP contribution in [0.2, 0.25) is 0 Å². The molecule has 0 heterocycles. The van der Waals surface area contributed by atoms with Crippen LogP contribution < -0.4 is 9.47 Å². The highest BCUT2D eigenvalue weighted by molar-refractivity contribution is 5.89. The summed E-state index contributed by atoms with van der Waals surface area (Å²) < 4.78 is 27.0. The van der Waals surface area contributed by atoms with Gasteiger partial charge < -0.3 is 23.7 Å². The first-order chi connectivity index (χ1) is 23.5. The van der Waals surface area contributed by atoms with Crippen molar-refractivity contribution in [3.8, 4) is 22.6 Å². The summed E-state index contributed by atoms with van der Waals surface area (Å²) in [5.74, 6) is 1.20. The van der Waals surface area contributed by atoms with Crippen LogP contribution in [0.1, 0.15) is 53.2 Å². The fraction of sp³-hybridized carbons (Fsp3) is 0.350. The third-order valence-electron chi connectivity index (χ3n) is 7.95. The first-order valence-corrected chi connectivity index (χ1v) is 16.6. The number of benzene rings is 4. The molecule has 0 amide bonds. The van der Waals surface area contributed by atoms with E-state index in [2.05, 4.69) is 47.4 Å². The summed E-state index contributed by atoms with van der Waals surface area (Å²) >= 11 is 0. The van der Waals surface area contributed by atoms with Crippen molar-refractivity contribution in [1.82, 2.24) is 4.90 Å². The summed E-state index contributed by atoms with van der Waals surface area (Å²) in [6.07, 6.45) is 2.87. The molecule has 254 valence electrons. The first kappa shape index (κ1) is 36.2. The molecule has 0 fully saturated rings. The molecule has 0 unspecified atom stereocenters. The van der Waals surface area contributed by atoms with E-state index in [0.717, 1.165) is 78.2 Å². The minimum atomic E-state index is -0.347. The number of ether oxygens (including phenoxy) is 5. The number of unbranched alkanes of at least 4 members (excludes halogenated alkanes) is 1. The molecule has 0 aliphatic heterocycles. The Morgan fingerprint density at radius 1 is 0.708 bits per heavy atom. The van der Waals surface area contributed by atoms with Crippen LogP contribution in [-0.4, -0.2) is 64.0 Å². The lowest BCUT2D eigenvalue weighted by molar-refractivity contribution is -0.143. The summed E-state index contributed by atoms with van der Waals surface area (Å²) in [5, 5.41) is 0. The van der Waals surface area contributed by atoms with Gasteiger partial charge in [-0.3, -0.25) is 9.69 Å². The second-order valence-electron chi connectivity index (χ2n) is 11.4. The second-order valence-corrected chi connectivity index (χ2v) is 11.4. The zero-order chi connectivity index (χ0) is 34.0. The van der Waals surface area contributed by atoms with Crippen molar-refractivity contribution >= 4 is 11.9 Å².